The van der Waals surface area contributed by atoms with Crippen LogP contribution in [0.3, 0.4) is 0 Å². The Bertz CT molecular complexity index is 577. The minimum absolute atomic E-state index is 0.325. The van der Waals surface area contributed by atoms with E-state index in [2.05, 4.69) is 71.8 Å². The van der Waals surface area contributed by atoms with E-state index >= 15 is 0 Å². The standard InChI is InChI=1S/C15H17BrN2/c1-9(2)15-17-13(8-14(16)18-15)12-7-10(3)5-6-11(12)4/h5-9H,1-4H3. The maximum Gasteiger partial charge on any atom is 0.132 e. The summed E-state index contributed by atoms with van der Waals surface area (Å²) in [6.07, 6.45) is 0. The molecule has 0 spiro atoms. The zero-order valence-corrected chi connectivity index (χ0v) is 12.7. The Morgan fingerprint density at radius 2 is 1.78 bits per heavy atom. The lowest BCUT2D eigenvalue weighted by Crippen LogP contribution is -2.00. The van der Waals surface area contributed by atoms with Crippen LogP contribution in [0.5, 0.6) is 0 Å². The molecule has 0 saturated carbocycles. The molecule has 1 aromatic carbocycles. The predicted octanol–water partition coefficient (Wildman–Crippen LogP) is 4.65. The van der Waals surface area contributed by atoms with Crippen LogP contribution < -0.4 is 0 Å². The first-order chi connectivity index (χ1) is 8.47. The van der Waals surface area contributed by atoms with Crippen molar-refractivity contribution in [1.82, 2.24) is 9.97 Å². The molecule has 0 amide bonds. The summed E-state index contributed by atoms with van der Waals surface area (Å²) >= 11 is 3.47. The number of nitrogens with zero attached hydrogens (tertiary/aromatic N) is 2. The van der Waals surface area contributed by atoms with Crippen LogP contribution in [0, 0.1) is 13.8 Å². The van der Waals surface area contributed by atoms with E-state index in [0.717, 1.165) is 16.1 Å². The molecule has 0 saturated heterocycles. The summed E-state index contributed by atoms with van der Waals surface area (Å²) in [6, 6.07) is 8.41. The number of hydrogen-bond acceptors (Lipinski definition) is 2. The number of hydrogen-bond donors (Lipinski definition) is 0. The van der Waals surface area contributed by atoms with Crippen molar-refractivity contribution in [2.75, 3.05) is 0 Å². The van der Waals surface area contributed by atoms with Crippen LogP contribution in [0.25, 0.3) is 11.3 Å². The van der Waals surface area contributed by atoms with Crippen LogP contribution >= 0.6 is 15.9 Å². The lowest BCUT2D eigenvalue weighted by atomic mass is 10.0. The van der Waals surface area contributed by atoms with Gasteiger partial charge in [-0.3, -0.25) is 0 Å². The molecule has 0 radical (unpaired) electrons. The first-order valence-electron chi connectivity index (χ1n) is 6.09. The van der Waals surface area contributed by atoms with Gasteiger partial charge in [0.05, 0.1) is 5.69 Å². The van der Waals surface area contributed by atoms with Gasteiger partial charge in [0.15, 0.2) is 0 Å². The fourth-order valence-corrected chi connectivity index (χ4v) is 2.24. The fraction of sp³-hybridized carbons (Fsp3) is 0.333. The Balaban J connectivity index is 2.60. The highest BCUT2D eigenvalue weighted by Gasteiger charge is 2.10. The topological polar surface area (TPSA) is 25.8 Å². The second-order valence-electron chi connectivity index (χ2n) is 4.91. The minimum atomic E-state index is 0.325. The minimum Gasteiger partial charge on any atom is -0.233 e. The molecule has 0 bridgehead atoms. The maximum atomic E-state index is 4.66. The van der Waals surface area contributed by atoms with E-state index in [1.807, 2.05) is 6.07 Å². The van der Waals surface area contributed by atoms with Gasteiger partial charge in [0.2, 0.25) is 0 Å². The molecule has 0 unspecified atom stereocenters. The molecule has 2 rings (SSSR count). The van der Waals surface area contributed by atoms with Gasteiger partial charge in [-0.15, -0.1) is 0 Å². The van der Waals surface area contributed by atoms with Crippen molar-refractivity contribution in [3.63, 3.8) is 0 Å². The van der Waals surface area contributed by atoms with Gasteiger partial charge >= 0.3 is 0 Å². The first kappa shape index (κ1) is 13.2. The van der Waals surface area contributed by atoms with Crippen LogP contribution in [0.4, 0.5) is 0 Å². The van der Waals surface area contributed by atoms with E-state index in [-0.39, 0.29) is 0 Å². The van der Waals surface area contributed by atoms with Crippen LogP contribution in [0.2, 0.25) is 0 Å². The van der Waals surface area contributed by atoms with Crippen LogP contribution in [0.1, 0.15) is 36.7 Å². The van der Waals surface area contributed by atoms with Crippen molar-refractivity contribution in [3.05, 3.63) is 45.8 Å². The van der Waals surface area contributed by atoms with E-state index in [4.69, 9.17) is 0 Å². The third kappa shape index (κ3) is 2.78. The molecule has 0 aliphatic heterocycles. The van der Waals surface area contributed by atoms with Crippen molar-refractivity contribution in [2.24, 2.45) is 0 Å². The van der Waals surface area contributed by atoms with E-state index in [0.29, 0.717) is 5.92 Å². The van der Waals surface area contributed by atoms with E-state index in [1.54, 1.807) is 0 Å². The highest BCUT2D eigenvalue weighted by molar-refractivity contribution is 9.10. The number of halogens is 1. The highest BCUT2D eigenvalue weighted by atomic mass is 79.9. The number of benzene rings is 1. The van der Waals surface area contributed by atoms with Crippen LogP contribution in [-0.4, -0.2) is 9.97 Å². The Kier molecular flexibility index (Phi) is 3.81. The normalized spacial score (nSPS) is 11.0. The number of aryl methyl sites for hydroxylation is 2. The number of aromatic nitrogens is 2. The summed E-state index contributed by atoms with van der Waals surface area (Å²) in [5, 5.41) is 0. The lowest BCUT2D eigenvalue weighted by Gasteiger charge is -2.10. The van der Waals surface area contributed by atoms with Crippen molar-refractivity contribution >= 4 is 15.9 Å². The third-order valence-corrected chi connectivity index (χ3v) is 3.30. The average Bonchev–Trinajstić information content (AvgIpc) is 2.31. The van der Waals surface area contributed by atoms with Gasteiger partial charge in [-0.1, -0.05) is 31.5 Å². The van der Waals surface area contributed by atoms with Crippen molar-refractivity contribution < 1.29 is 0 Å². The van der Waals surface area contributed by atoms with Crippen molar-refractivity contribution in [1.29, 1.82) is 0 Å². The molecule has 3 heteroatoms. The summed E-state index contributed by atoms with van der Waals surface area (Å²) in [5.41, 5.74) is 4.65. The number of rotatable bonds is 2. The average molecular weight is 305 g/mol. The van der Waals surface area contributed by atoms with Crippen LogP contribution in [0.15, 0.2) is 28.9 Å². The summed E-state index contributed by atoms with van der Waals surface area (Å²) in [6.45, 7) is 8.42. The summed E-state index contributed by atoms with van der Waals surface area (Å²) in [5.74, 6) is 1.20. The Hall–Kier alpha value is -1.22. The zero-order chi connectivity index (χ0) is 13.3. The van der Waals surface area contributed by atoms with Gasteiger partial charge in [-0.2, -0.15) is 0 Å². The van der Waals surface area contributed by atoms with Gasteiger partial charge in [-0.05, 0) is 47.5 Å². The largest absolute Gasteiger partial charge is 0.233 e. The molecular formula is C15H17BrN2. The quantitative estimate of drug-likeness (QED) is 0.755. The molecular weight excluding hydrogens is 288 g/mol. The zero-order valence-electron chi connectivity index (χ0n) is 11.2. The molecule has 1 heterocycles. The highest BCUT2D eigenvalue weighted by Crippen LogP contribution is 2.26. The van der Waals surface area contributed by atoms with Gasteiger partial charge in [0.1, 0.15) is 10.4 Å². The molecule has 0 aliphatic carbocycles. The molecule has 0 atom stereocenters. The monoisotopic (exact) mass is 304 g/mol. The van der Waals surface area contributed by atoms with E-state index in [1.165, 1.54) is 16.7 Å². The smallest absolute Gasteiger partial charge is 0.132 e. The van der Waals surface area contributed by atoms with Gasteiger partial charge in [-0.25, -0.2) is 9.97 Å². The van der Waals surface area contributed by atoms with Gasteiger partial charge < -0.3 is 0 Å². The van der Waals surface area contributed by atoms with Gasteiger partial charge in [0.25, 0.3) is 0 Å². The Labute approximate surface area is 117 Å². The van der Waals surface area contributed by atoms with Crippen LogP contribution in [-0.2, 0) is 0 Å². The molecule has 1 aromatic heterocycles. The van der Waals surface area contributed by atoms with Crippen molar-refractivity contribution in [3.8, 4) is 11.3 Å². The summed E-state index contributed by atoms with van der Waals surface area (Å²) in [7, 11) is 0. The van der Waals surface area contributed by atoms with Gasteiger partial charge in [0, 0.05) is 11.5 Å². The Morgan fingerprint density at radius 3 is 2.44 bits per heavy atom. The Morgan fingerprint density at radius 1 is 1.06 bits per heavy atom. The third-order valence-electron chi connectivity index (χ3n) is 2.90. The molecule has 0 aliphatic rings. The molecule has 0 fully saturated rings. The summed E-state index contributed by atoms with van der Waals surface area (Å²) in [4.78, 5) is 9.08. The van der Waals surface area contributed by atoms with E-state index < -0.39 is 0 Å². The molecule has 0 N–H and O–H groups in total. The first-order valence-corrected chi connectivity index (χ1v) is 6.89. The lowest BCUT2D eigenvalue weighted by molar-refractivity contribution is 0.771. The molecule has 2 nitrogen and oxygen atoms in total. The molecule has 94 valence electrons. The second kappa shape index (κ2) is 5.19. The molecule has 18 heavy (non-hydrogen) atoms. The fourth-order valence-electron chi connectivity index (χ4n) is 1.84. The SMILES string of the molecule is Cc1ccc(C)c(-c2cc(Br)nc(C(C)C)n2)c1. The van der Waals surface area contributed by atoms with Crippen molar-refractivity contribution in [2.45, 2.75) is 33.6 Å². The van der Waals surface area contributed by atoms with E-state index in [9.17, 15) is 0 Å². The predicted molar refractivity (Wildman–Crippen MR) is 78.7 cm³/mol. The maximum absolute atomic E-state index is 4.66. The summed E-state index contributed by atoms with van der Waals surface area (Å²) < 4.78 is 0.845. The molecule has 2 aromatic rings. The second-order valence-corrected chi connectivity index (χ2v) is 5.72.